The maximum absolute atomic E-state index is 13.0. The minimum Gasteiger partial charge on any atom is -0.348 e. The highest BCUT2D eigenvalue weighted by Crippen LogP contribution is 2.19. The molecule has 0 aliphatic carbocycles. The summed E-state index contributed by atoms with van der Waals surface area (Å²) in [7, 11) is -3.77. The van der Waals surface area contributed by atoms with Crippen LogP contribution in [0.3, 0.4) is 0 Å². The second-order valence-electron chi connectivity index (χ2n) is 5.73. The van der Waals surface area contributed by atoms with Gasteiger partial charge < -0.3 is 5.32 Å². The quantitative estimate of drug-likeness (QED) is 0.713. The fraction of sp³-hybridized carbons (Fsp3) is 0.278. The predicted octanol–water partition coefficient (Wildman–Crippen LogP) is 3.48. The second kappa shape index (κ2) is 8.75. The molecule has 26 heavy (non-hydrogen) atoms. The molecule has 5 nitrogen and oxygen atoms in total. The van der Waals surface area contributed by atoms with Gasteiger partial charge in [0.25, 0.3) is 0 Å². The monoisotopic (exact) mass is 442 g/mol. The maximum Gasteiger partial charge on any atom is 0.243 e. The fourth-order valence-electron chi connectivity index (χ4n) is 2.40. The molecular formula is C18H20BrFN2O3S. The lowest BCUT2D eigenvalue weighted by Crippen LogP contribution is -2.41. The van der Waals surface area contributed by atoms with E-state index in [0.717, 1.165) is 14.3 Å². The number of benzene rings is 2. The van der Waals surface area contributed by atoms with Crippen LogP contribution in [0.2, 0.25) is 0 Å². The Labute approximate surface area is 161 Å². The van der Waals surface area contributed by atoms with Gasteiger partial charge in [-0.2, -0.15) is 4.31 Å². The molecule has 0 bridgehead atoms. The summed E-state index contributed by atoms with van der Waals surface area (Å²) in [4.78, 5) is 12.4. The standard InChI is InChI=1S/C18H20BrFN2O3S/c1-3-22(26(24,25)17-10-6-15(19)7-11-17)12-18(23)21-13(2)14-4-8-16(20)9-5-14/h4-11,13H,3,12H2,1-2H3,(H,21,23)/t13-/m1/s1. The van der Waals surface area contributed by atoms with Gasteiger partial charge in [0.2, 0.25) is 15.9 Å². The molecule has 1 amide bonds. The van der Waals surface area contributed by atoms with Crippen LogP contribution in [0.15, 0.2) is 57.9 Å². The number of amides is 1. The number of halogens is 2. The molecule has 140 valence electrons. The van der Waals surface area contributed by atoms with Crippen LogP contribution in [-0.4, -0.2) is 31.7 Å². The highest BCUT2D eigenvalue weighted by molar-refractivity contribution is 9.10. The Kier molecular flexibility index (Phi) is 6.91. The Balaban J connectivity index is 2.07. The third-order valence-corrected chi connectivity index (χ3v) is 6.34. The summed E-state index contributed by atoms with van der Waals surface area (Å²) in [6, 6.07) is 11.7. The van der Waals surface area contributed by atoms with E-state index in [9.17, 15) is 17.6 Å². The van der Waals surface area contributed by atoms with Gasteiger partial charge in [0.15, 0.2) is 0 Å². The second-order valence-corrected chi connectivity index (χ2v) is 8.58. The van der Waals surface area contributed by atoms with Crippen molar-refractivity contribution in [1.82, 2.24) is 9.62 Å². The molecule has 2 aromatic carbocycles. The van der Waals surface area contributed by atoms with Crippen LogP contribution in [0.5, 0.6) is 0 Å². The molecule has 0 aliphatic heterocycles. The van der Waals surface area contributed by atoms with Crippen molar-refractivity contribution < 1.29 is 17.6 Å². The third-order valence-electron chi connectivity index (χ3n) is 3.87. The van der Waals surface area contributed by atoms with Crippen LogP contribution in [0.1, 0.15) is 25.5 Å². The zero-order chi connectivity index (χ0) is 19.3. The Bertz CT molecular complexity index is 855. The van der Waals surface area contributed by atoms with Crippen molar-refractivity contribution >= 4 is 31.9 Å². The molecule has 0 unspecified atom stereocenters. The summed E-state index contributed by atoms with van der Waals surface area (Å²) in [6.07, 6.45) is 0. The largest absolute Gasteiger partial charge is 0.348 e. The Morgan fingerprint density at radius 3 is 2.27 bits per heavy atom. The van der Waals surface area contributed by atoms with Crippen molar-refractivity contribution in [1.29, 1.82) is 0 Å². The van der Waals surface area contributed by atoms with Crippen molar-refractivity contribution in [3.63, 3.8) is 0 Å². The molecule has 0 saturated heterocycles. The molecule has 0 aromatic heterocycles. The number of likely N-dealkylation sites (N-methyl/N-ethyl adjacent to an activating group) is 1. The highest BCUT2D eigenvalue weighted by Gasteiger charge is 2.25. The van der Waals surface area contributed by atoms with E-state index in [0.29, 0.717) is 0 Å². The zero-order valence-electron chi connectivity index (χ0n) is 14.4. The molecule has 2 aromatic rings. The van der Waals surface area contributed by atoms with Crippen LogP contribution in [0, 0.1) is 5.82 Å². The third kappa shape index (κ3) is 5.12. The van der Waals surface area contributed by atoms with Crippen LogP contribution in [0.4, 0.5) is 4.39 Å². The summed E-state index contributed by atoms with van der Waals surface area (Å²) >= 11 is 3.26. The highest BCUT2D eigenvalue weighted by atomic mass is 79.9. The molecule has 0 saturated carbocycles. The minimum atomic E-state index is -3.77. The summed E-state index contributed by atoms with van der Waals surface area (Å²) in [5.74, 6) is -0.783. The van der Waals surface area contributed by atoms with E-state index in [1.165, 1.54) is 24.3 Å². The summed E-state index contributed by atoms with van der Waals surface area (Å²) in [6.45, 7) is 3.30. The van der Waals surface area contributed by atoms with Gasteiger partial charge in [-0.05, 0) is 48.9 Å². The molecule has 1 N–H and O–H groups in total. The summed E-state index contributed by atoms with van der Waals surface area (Å²) in [5, 5.41) is 2.74. The number of sulfonamides is 1. The van der Waals surface area contributed by atoms with Gasteiger partial charge >= 0.3 is 0 Å². The van der Waals surface area contributed by atoms with E-state index in [1.807, 2.05) is 0 Å². The smallest absolute Gasteiger partial charge is 0.243 e. The van der Waals surface area contributed by atoms with E-state index in [2.05, 4.69) is 21.2 Å². The number of hydrogen-bond donors (Lipinski definition) is 1. The van der Waals surface area contributed by atoms with Gasteiger partial charge in [-0.1, -0.05) is 35.0 Å². The SMILES string of the molecule is CCN(CC(=O)N[C@H](C)c1ccc(F)cc1)S(=O)(=O)c1ccc(Br)cc1. The number of nitrogens with zero attached hydrogens (tertiary/aromatic N) is 1. The average molecular weight is 443 g/mol. The Morgan fingerprint density at radius 1 is 1.15 bits per heavy atom. The molecule has 0 spiro atoms. The Hall–Kier alpha value is -1.77. The van der Waals surface area contributed by atoms with Gasteiger partial charge in [-0.3, -0.25) is 4.79 Å². The first kappa shape index (κ1) is 20.5. The molecule has 8 heteroatoms. The molecular weight excluding hydrogens is 423 g/mol. The normalized spacial score (nSPS) is 12.8. The lowest BCUT2D eigenvalue weighted by Gasteiger charge is -2.22. The predicted molar refractivity (Wildman–Crippen MR) is 102 cm³/mol. The first-order valence-corrected chi connectivity index (χ1v) is 10.3. The van der Waals surface area contributed by atoms with Gasteiger partial charge in [0, 0.05) is 11.0 Å². The van der Waals surface area contributed by atoms with Gasteiger partial charge in [0.05, 0.1) is 17.5 Å². The maximum atomic E-state index is 13.0. The molecule has 0 aliphatic rings. The minimum absolute atomic E-state index is 0.127. The number of rotatable bonds is 7. The summed E-state index contributed by atoms with van der Waals surface area (Å²) in [5.41, 5.74) is 0.735. The molecule has 0 radical (unpaired) electrons. The first-order chi connectivity index (χ1) is 12.2. The fourth-order valence-corrected chi connectivity index (χ4v) is 4.07. The summed E-state index contributed by atoms with van der Waals surface area (Å²) < 4.78 is 40.3. The number of nitrogens with one attached hydrogen (secondary N) is 1. The zero-order valence-corrected chi connectivity index (χ0v) is 16.8. The van der Waals surface area contributed by atoms with E-state index < -0.39 is 15.9 Å². The first-order valence-electron chi connectivity index (χ1n) is 8.04. The van der Waals surface area contributed by atoms with Crippen molar-refractivity contribution in [2.24, 2.45) is 0 Å². The number of carbonyl (C=O) groups excluding carboxylic acids is 1. The van der Waals surface area contributed by atoms with E-state index >= 15 is 0 Å². The molecule has 1 atom stereocenters. The average Bonchev–Trinajstić information content (AvgIpc) is 2.60. The Morgan fingerprint density at radius 2 is 1.73 bits per heavy atom. The van der Waals surface area contributed by atoms with Crippen LogP contribution < -0.4 is 5.32 Å². The van der Waals surface area contributed by atoms with Crippen molar-refractivity contribution in [2.75, 3.05) is 13.1 Å². The van der Waals surface area contributed by atoms with E-state index in [-0.39, 0.29) is 29.8 Å². The lowest BCUT2D eigenvalue weighted by atomic mass is 10.1. The van der Waals surface area contributed by atoms with Gasteiger partial charge in [-0.25, -0.2) is 12.8 Å². The van der Waals surface area contributed by atoms with Crippen LogP contribution >= 0.6 is 15.9 Å². The molecule has 0 fully saturated rings. The van der Waals surface area contributed by atoms with E-state index in [4.69, 9.17) is 0 Å². The van der Waals surface area contributed by atoms with Gasteiger partial charge in [-0.15, -0.1) is 0 Å². The van der Waals surface area contributed by atoms with Crippen LogP contribution in [0.25, 0.3) is 0 Å². The molecule has 2 rings (SSSR count). The van der Waals surface area contributed by atoms with Crippen molar-refractivity contribution in [3.05, 3.63) is 64.4 Å². The lowest BCUT2D eigenvalue weighted by molar-refractivity contribution is -0.121. The van der Waals surface area contributed by atoms with E-state index in [1.54, 1.807) is 38.1 Å². The number of hydrogen-bond acceptors (Lipinski definition) is 3. The molecule has 0 heterocycles. The topological polar surface area (TPSA) is 66.5 Å². The van der Waals surface area contributed by atoms with Crippen LogP contribution in [-0.2, 0) is 14.8 Å². The van der Waals surface area contributed by atoms with Crippen molar-refractivity contribution in [2.45, 2.75) is 24.8 Å². The van der Waals surface area contributed by atoms with Gasteiger partial charge in [0.1, 0.15) is 5.82 Å². The number of carbonyl (C=O) groups is 1. The van der Waals surface area contributed by atoms with Crippen molar-refractivity contribution in [3.8, 4) is 0 Å².